The van der Waals surface area contributed by atoms with Crippen molar-refractivity contribution in [3.8, 4) is 6.07 Å². The molecule has 1 aliphatic rings. The van der Waals surface area contributed by atoms with Gasteiger partial charge in [0.05, 0.1) is 18.1 Å². The predicted octanol–water partition coefficient (Wildman–Crippen LogP) is 3.11. The lowest BCUT2D eigenvalue weighted by atomic mass is 9.78. The Morgan fingerprint density at radius 2 is 2.00 bits per heavy atom. The van der Waals surface area contributed by atoms with Crippen LogP contribution in [0.1, 0.15) is 30.9 Å². The Hall–Kier alpha value is -1.33. The zero-order chi connectivity index (χ0) is 12.1. The van der Waals surface area contributed by atoms with Crippen molar-refractivity contribution in [3.05, 3.63) is 35.4 Å². The van der Waals surface area contributed by atoms with E-state index in [2.05, 4.69) is 37.3 Å². The smallest absolute Gasteiger partial charge is 0.0847 e. The molecule has 1 fully saturated rings. The van der Waals surface area contributed by atoms with Crippen molar-refractivity contribution in [1.29, 1.82) is 5.26 Å². The highest BCUT2D eigenvalue weighted by molar-refractivity contribution is 5.25. The van der Waals surface area contributed by atoms with Gasteiger partial charge in [0.25, 0.3) is 0 Å². The number of hydrogen-bond donors (Lipinski definition) is 0. The molecule has 90 valence electrons. The molecule has 1 saturated heterocycles. The van der Waals surface area contributed by atoms with Crippen molar-refractivity contribution < 1.29 is 4.74 Å². The third-order valence-electron chi connectivity index (χ3n) is 3.53. The van der Waals surface area contributed by atoms with Crippen molar-refractivity contribution in [2.45, 2.75) is 32.6 Å². The monoisotopic (exact) mass is 229 g/mol. The van der Waals surface area contributed by atoms with Gasteiger partial charge in [0.15, 0.2) is 0 Å². The van der Waals surface area contributed by atoms with Gasteiger partial charge in [0, 0.05) is 6.61 Å². The molecule has 0 radical (unpaired) electrons. The highest BCUT2D eigenvalue weighted by Crippen LogP contribution is 2.31. The van der Waals surface area contributed by atoms with Crippen LogP contribution in [0.25, 0.3) is 0 Å². The fraction of sp³-hybridized carbons (Fsp3) is 0.533. The topological polar surface area (TPSA) is 33.0 Å². The van der Waals surface area contributed by atoms with E-state index in [1.165, 1.54) is 11.1 Å². The van der Waals surface area contributed by atoms with E-state index < -0.39 is 0 Å². The average molecular weight is 229 g/mol. The Balaban J connectivity index is 2.10. The van der Waals surface area contributed by atoms with E-state index in [4.69, 9.17) is 4.74 Å². The van der Waals surface area contributed by atoms with Gasteiger partial charge >= 0.3 is 0 Å². The zero-order valence-corrected chi connectivity index (χ0v) is 10.4. The molecule has 17 heavy (non-hydrogen) atoms. The molecule has 1 unspecified atom stereocenters. The quantitative estimate of drug-likeness (QED) is 0.797. The number of hydrogen-bond acceptors (Lipinski definition) is 2. The van der Waals surface area contributed by atoms with Crippen LogP contribution in [-0.2, 0) is 17.6 Å². The summed E-state index contributed by atoms with van der Waals surface area (Å²) in [7, 11) is 0. The van der Waals surface area contributed by atoms with Crippen LogP contribution in [0.15, 0.2) is 24.3 Å². The molecule has 1 aromatic rings. The predicted molar refractivity (Wildman–Crippen MR) is 67.6 cm³/mol. The molecule has 0 amide bonds. The van der Waals surface area contributed by atoms with Gasteiger partial charge in [-0.1, -0.05) is 31.2 Å². The molecule has 2 nitrogen and oxygen atoms in total. The van der Waals surface area contributed by atoms with E-state index >= 15 is 0 Å². The van der Waals surface area contributed by atoms with Crippen LogP contribution in [0.5, 0.6) is 0 Å². The van der Waals surface area contributed by atoms with Crippen LogP contribution in [0.3, 0.4) is 0 Å². The number of ether oxygens (including phenoxy) is 1. The highest BCUT2D eigenvalue weighted by Gasteiger charge is 2.33. The van der Waals surface area contributed by atoms with Crippen LogP contribution >= 0.6 is 0 Å². The fourth-order valence-electron chi connectivity index (χ4n) is 2.40. The van der Waals surface area contributed by atoms with Crippen molar-refractivity contribution in [2.75, 3.05) is 13.2 Å². The summed E-state index contributed by atoms with van der Waals surface area (Å²) in [4.78, 5) is 0. The van der Waals surface area contributed by atoms with Crippen LogP contribution in [0.4, 0.5) is 0 Å². The first-order valence-electron chi connectivity index (χ1n) is 6.35. The zero-order valence-electron chi connectivity index (χ0n) is 10.4. The molecule has 1 atom stereocenters. The Bertz CT molecular complexity index is 396. The molecule has 1 aliphatic heterocycles. The van der Waals surface area contributed by atoms with Gasteiger partial charge in [-0.15, -0.1) is 0 Å². The van der Waals surface area contributed by atoms with E-state index in [1.807, 2.05) is 0 Å². The summed E-state index contributed by atoms with van der Waals surface area (Å²) in [5.74, 6) is 0. The van der Waals surface area contributed by atoms with Crippen molar-refractivity contribution in [1.82, 2.24) is 0 Å². The summed E-state index contributed by atoms with van der Waals surface area (Å²) < 4.78 is 5.47. The largest absolute Gasteiger partial charge is 0.380 e. The molecule has 0 saturated carbocycles. The number of rotatable bonds is 3. The van der Waals surface area contributed by atoms with Crippen LogP contribution in [0.2, 0.25) is 0 Å². The van der Waals surface area contributed by atoms with E-state index in [1.54, 1.807) is 0 Å². The second-order valence-electron chi connectivity index (χ2n) is 4.90. The Kier molecular flexibility index (Phi) is 3.81. The molecule has 1 heterocycles. The highest BCUT2D eigenvalue weighted by atomic mass is 16.5. The summed E-state index contributed by atoms with van der Waals surface area (Å²) >= 11 is 0. The SMILES string of the molecule is CCc1ccc(CC2(C#N)CCCOC2)cc1. The second-order valence-corrected chi connectivity index (χ2v) is 4.90. The van der Waals surface area contributed by atoms with E-state index in [0.29, 0.717) is 6.61 Å². The molecular formula is C15H19NO. The van der Waals surface area contributed by atoms with Gasteiger partial charge < -0.3 is 4.74 Å². The number of benzene rings is 1. The minimum Gasteiger partial charge on any atom is -0.380 e. The minimum absolute atomic E-state index is 0.300. The minimum atomic E-state index is -0.300. The average Bonchev–Trinajstić information content (AvgIpc) is 2.41. The van der Waals surface area contributed by atoms with Crippen molar-refractivity contribution in [3.63, 3.8) is 0 Å². The number of nitrogens with zero attached hydrogens (tertiary/aromatic N) is 1. The normalized spacial score (nSPS) is 24.2. The summed E-state index contributed by atoms with van der Waals surface area (Å²) in [6.07, 6.45) is 3.83. The maximum absolute atomic E-state index is 9.37. The van der Waals surface area contributed by atoms with Crippen LogP contribution in [-0.4, -0.2) is 13.2 Å². The van der Waals surface area contributed by atoms with Crippen LogP contribution < -0.4 is 0 Å². The molecule has 2 rings (SSSR count). The van der Waals surface area contributed by atoms with Gasteiger partial charge in [-0.2, -0.15) is 5.26 Å². The third-order valence-corrected chi connectivity index (χ3v) is 3.53. The van der Waals surface area contributed by atoms with Gasteiger partial charge in [-0.05, 0) is 36.8 Å². The van der Waals surface area contributed by atoms with Crippen molar-refractivity contribution in [2.24, 2.45) is 5.41 Å². The summed E-state index contributed by atoms with van der Waals surface area (Å²) in [5, 5.41) is 9.37. The lowest BCUT2D eigenvalue weighted by Gasteiger charge is -2.30. The standard InChI is InChI=1S/C15H19NO/c1-2-13-4-6-14(7-5-13)10-15(11-16)8-3-9-17-12-15/h4-7H,2-3,8-10,12H2,1H3. The second kappa shape index (κ2) is 5.33. The Labute approximate surface area is 103 Å². The van der Waals surface area contributed by atoms with E-state index in [-0.39, 0.29) is 5.41 Å². The number of aryl methyl sites for hydroxylation is 1. The maximum atomic E-state index is 9.37. The molecule has 2 heteroatoms. The first-order valence-corrected chi connectivity index (χ1v) is 6.35. The molecule has 1 aromatic carbocycles. The molecule has 0 bridgehead atoms. The molecule has 0 spiro atoms. The first kappa shape index (κ1) is 12.1. The number of nitriles is 1. The first-order chi connectivity index (χ1) is 8.28. The molecule has 0 N–H and O–H groups in total. The van der Waals surface area contributed by atoms with Crippen LogP contribution in [0, 0.1) is 16.7 Å². The van der Waals surface area contributed by atoms with Crippen molar-refractivity contribution >= 4 is 0 Å². The lowest BCUT2D eigenvalue weighted by Crippen LogP contribution is -2.32. The fourth-order valence-corrected chi connectivity index (χ4v) is 2.40. The maximum Gasteiger partial charge on any atom is 0.0847 e. The summed E-state index contributed by atoms with van der Waals surface area (Å²) in [6.45, 7) is 3.54. The molecule has 0 aromatic heterocycles. The van der Waals surface area contributed by atoms with Gasteiger partial charge in [-0.25, -0.2) is 0 Å². The summed E-state index contributed by atoms with van der Waals surface area (Å²) in [5.41, 5.74) is 2.29. The Morgan fingerprint density at radius 1 is 1.29 bits per heavy atom. The van der Waals surface area contributed by atoms with Gasteiger partial charge in [0.2, 0.25) is 0 Å². The Morgan fingerprint density at radius 3 is 2.53 bits per heavy atom. The molecular weight excluding hydrogens is 210 g/mol. The van der Waals surface area contributed by atoms with Gasteiger partial charge in [0.1, 0.15) is 0 Å². The van der Waals surface area contributed by atoms with E-state index in [0.717, 1.165) is 32.3 Å². The van der Waals surface area contributed by atoms with Gasteiger partial charge in [-0.3, -0.25) is 0 Å². The van der Waals surface area contributed by atoms with E-state index in [9.17, 15) is 5.26 Å². The summed E-state index contributed by atoms with van der Waals surface area (Å²) in [6, 6.07) is 11.1. The lowest BCUT2D eigenvalue weighted by molar-refractivity contribution is 0.0224. The molecule has 0 aliphatic carbocycles. The third kappa shape index (κ3) is 2.87.